The molecule has 0 amide bonds. The number of rotatable bonds is 5. The van der Waals surface area contributed by atoms with Crippen molar-refractivity contribution in [1.29, 1.82) is 0 Å². The molecule has 4 rings (SSSR count). The van der Waals surface area contributed by atoms with Gasteiger partial charge in [0.05, 0.1) is 11.1 Å². The summed E-state index contributed by atoms with van der Waals surface area (Å²) in [6.45, 7) is 2.91. The smallest absolute Gasteiger partial charge is 0.243 e. The highest BCUT2D eigenvalue weighted by atomic mass is 32.2. The normalized spacial score (nSPS) is 18.2. The molecule has 1 atom stereocenters. The lowest BCUT2D eigenvalue weighted by atomic mass is 9.96. The van der Waals surface area contributed by atoms with E-state index >= 15 is 0 Å². The number of aryl methyl sites for hydroxylation is 1. The molecular weight excluding hydrogens is 378 g/mol. The van der Waals surface area contributed by atoms with Crippen molar-refractivity contribution < 1.29 is 12.9 Å². The predicted molar refractivity (Wildman–Crippen MR) is 102 cm³/mol. The number of sulfonamides is 1. The Hall–Kier alpha value is -2.65. The third-order valence-electron chi connectivity index (χ3n) is 4.86. The average molecular weight is 399 g/mol. The number of hydrogen-bond acceptors (Lipinski definition) is 7. The zero-order valence-electron chi connectivity index (χ0n) is 15.5. The Balaban J connectivity index is 1.46. The van der Waals surface area contributed by atoms with Gasteiger partial charge in [0.25, 0.3) is 0 Å². The molecule has 9 heteroatoms. The average Bonchev–Trinajstić information content (AvgIpc) is 3.18. The van der Waals surface area contributed by atoms with E-state index in [0.29, 0.717) is 41.8 Å². The molecule has 3 aromatic rings. The minimum absolute atomic E-state index is 0.129. The van der Waals surface area contributed by atoms with Crippen molar-refractivity contribution in [3.8, 4) is 11.5 Å². The van der Waals surface area contributed by atoms with Crippen molar-refractivity contribution in [2.24, 2.45) is 5.92 Å². The highest BCUT2D eigenvalue weighted by Gasteiger charge is 2.31. The van der Waals surface area contributed by atoms with Crippen LogP contribution < -0.4 is 0 Å². The Morgan fingerprint density at radius 2 is 2.04 bits per heavy atom. The van der Waals surface area contributed by atoms with E-state index in [0.717, 1.165) is 18.4 Å². The van der Waals surface area contributed by atoms with E-state index in [1.54, 1.807) is 35.0 Å². The summed E-state index contributed by atoms with van der Waals surface area (Å²) >= 11 is 0. The third-order valence-corrected chi connectivity index (χ3v) is 6.74. The zero-order valence-corrected chi connectivity index (χ0v) is 16.3. The second-order valence-corrected chi connectivity index (χ2v) is 8.93. The van der Waals surface area contributed by atoms with Gasteiger partial charge in [0.1, 0.15) is 5.69 Å². The molecule has 2 aromatic heterocycles. The van der Waals surface area contributed by atoms with E-state index in [1.807, 2.05) is 19.1 Å². The van der Waals surface area contributed by atoms with Crippen molar-refractivity contribution >= 4 is 10.0 Å². The minimum atomic E-state index is -3.49. The third kappa shape index (κ3) is 3.95. The molecule has 0 saturated carbocycles. The fourth-order valence-corrected chi connectivity index (χ4v) is 4.93. The van der Waals surface area contributed by atoms with Crippen molar-refractivity contribution in [2.45, 2.75) is 31.1 Å². The summed E-state index contributed by atoms with van der Waals surface area (Å²) in [5.74, 6) is 1.01. The maximum absolute atomic E-state index is 12.9. The minimum Gasteiger partial charge on any atom is -0.339 e. The highest BCUT2D eigenvalue weighted by Crippen LogP contribution is 2.26. The van der Waals surface area contributed by atoms with Crippen LogP contribution in [0, 0.1) is 12.8 Å². The van der Waals surface area contributed by atoms with E-state index in [2.05, 4.69) is 20.1 Å². The van der Waals surface area contributed by atoms with Gasteiger partial charge in [-0.05, 0) is 37.8 Å². The van der Waals surface area contributed by atoms with E-state index in [-0.39, 0.29) is 5.92 Å². The molecule has 1 aliphatic heterocycles. The van der Waals surface area contributed by atoms with Crippen molar-refractivity contribution in [3.05, 3.63) is 54.3 Å². The van der Waals surface area contributed by atoms with Crippen LogP contribution in [-0.4, -0.2) is 45.9 Å². The van der Waals surface area contributed by atoms with Crippen LogP contribution in [0.3, 0.4) is 0 Å². The molecule has 0 N–H and O–H groups in total. The lowest BCUT2D eigenvalue weighted by Gasteiger charge is -2.31. The van der Waals surface area contributed by atoms with Crippen LogP contribution in [0.15, 0.2) is 52.3 Å². The van der Waals surface area contributed by atoms with Crippen molar-refractivity contribution in [2.75, 3.05) is 13.1 Å². The van der Waals surface area contributed by atoms with Gasteiger partial charge in [0.2, 0.25) is 21.7 Å². The molecule has 0 bridgehead atoms. The predicted octanol–water partition coefficient (Wildman–Crippen LogP) is 2.48. The Morgan fingerprint density at radius 1 is 1.21 bits per heavy atom. The first kappa shape index (κ1) is 18.7. The topological polar surface area (TPSA) is 102 Å². The van der Waals surface area contributed by atoms with Crippen LogP contribution >= 0.6 is 0 Å². The first-order valence-corrected chi connectivity index (χ1v) is 10.6. The molecule has 1 fully saturated rings. The van der Waals surface area contributed by atoms with Crippen LogP contribution in [0.5, 0.6) is 0 Å². The summed E-state index contributed by atoms with van der Waals surface area (Å²) in [5.41, 5.74) is 1.58. The van der Waals surface area contributed by atoms with Gasteiger partial charge < -0.3 is 4.52 Å². The van der Waals surface area contributed by atoms with Gasteiger partial charge in [-0.15, -0.1) is 0 Å². The van der Waals surface area contributed by atoms with Crippen molar-refractivity contribution in [3.63, 3.8) is 0 Å². The summed E-state index contributed by atoms with van der Waals surface area (Å²) in [6.07, 6.45) is 6.98. The Bertz CT molecular complexity index is 1030. The number of piperidine rings is 1. The van der Waals surface area contributed by atoms with E-state index in [4.69, 9.17) is 4.52 Å². The van der Waals surface area contributed by atoms with E-state index in [9.17, 15) is 8.42 Å². The number of aromatic nitrogens is 4. The molecule has 1 unspecified atom stereocenters. The first-order valence-electron chi connectivity index (χ1n) is 9.18. The molecule has 3 heterocycles. The monoisotopic (exact) mass is 399 g/mol. The zero-order chi connectivity index (χ0) is 19.6. The molecule has 1 saturated heterocycles. The molecule has 8 nitrogen and oxygen atoms in total. The van der Waals surface area contributed by atoms with Crippen LogP contribution in [0.25, 0.3) is 11.5 Å². The molecule has 0 aliphatic carbocycles. The van der Waals surface area contributed by atoms with Crippen LogP contribution in [0.4, 0.5) is 0 Å². The van der Waals surface area contributed by atoms with Gasteiger partial charge >= 0.3 is 0 Å². The second kappa shape index (κ2) is 7.76. The van der Waals surface area contributed by atoms with Crippen LogP contribution in [0.2, 0.25) is 0 Å². The SMILES string of the molecule is Cc1ccc(S(=O)(=O)N2CCCC(Cc3nc(-c4cnccn4)no3)C2)cc1. The summed E-state index contributed by atoms with van der Waals surface area (Å²) in [7, 11) is -3.49. The molecule has 146 valence electrons. The molecule has 0 spiro atoms. The molecule has 0 radical (unpaired) electrons. The summed E-state index contributed by atoms with van der Waals surface area (Å²) in [6, 6.07) is 6.97. The Kier molecular flexibility index (Phi) is 5.19. The fourth-order valence-electron chi connectivity index (χ4n) is 3.37. The number of benzene rings is 1. The van der Waals surface area contributed by atoms with Gasteiger partial charge in [0, 0.05) is 31.9 Å². The van der Waals surface area contributed by atoms with Gasteiger partial charge in [-0.25, -0.2) is 13.4 Å². The molecule has 28 heavy (non-hydrogen) atoms. The molecule has 1 aliphatic rings. The largest absolute Gasteiger partial charge is 0.339 e. The summed E-state index contributed by atoms with van der Waals surface area (Å²) < 4.78 is 32.8. The van der Waals surface area contributed by atoms with E-state index in [1.165, 1.54) is 0 Å². The van der Waals surface area contributed by atoms with E-state index < -0.39 is 10.0 Å². The quantitative estimate of drug-likeness (QED) is 0.649. The van der Waals surface area contributed by atoms with Crippen LogP contribution in [0.1, 0.15) is 24.3 Å². The number of hydrogen-bond donors (Lipinski definition) is 0. The van der Waals surface area contributed by atoms with Gasteiger partial charge in [0.15, 0.2) is 0 Å². The molecular formula is C19H21N5O3S. The van der Waals surface area contributed by atoms with Gasteiger partial charge in [-0.1, -0.05) is 22.9 Å². The summed E-state index contributed by atoms with van der Waals surface area (Å²) in [5, 5.41) is 3.96. The Morgan fingerprint density at radius 3 is 2.79 bits per heavy atom. The standard InChI is InChI=1S/C19H21N5O3S/c1-14-4-6-16(7-5-14)28(25,26)24-10-2-3-15(13-24)11-18-22-19(23-27-18)17-12-20-8-9-21-17/h4-9,12,15H,2-3,10-11,13H2,1H3. The number of nitrogens with zero attached hydrogens (tertiary/aromatic N) is 5. The van der Waals surface area contributed by atoms with Gasteiger partial charge in [-0.2, -0.15) is 9.29 Å². The van der Waals surface area contributed by atoms with Crippen molar-refractivity contribution in [1.82, 2.24) is 24.4 Å². The second-order valence-electron chi connectivity index (χ2n) is 6.99. The molecule has 1 aromatic carbocycles. The van der Waals surface area contributed by atoms with Gasteiger partial charge in [-0.3, -0.25) is 4.98 Å². The Labute approximate surface area is 163 Å². The summed E-state index contributed by atoms with van der Waals surface area (Å²) in [4.78, 5) is 12.9. The fraction of sp³-hybridized carbons (Fsp3) is 0.368. The highest BCUT2D eigenvalue weighted by molar-refractivity contribution is 7.89. The van der Waals surface area contributed by atoms with Crippen LogP contribution in [-0.2, 0) is 16.4 Å². The maximum atomic E-state index is 12.9. The lowest BCUT2D eigenvalue weighted by molar-refractivity contribution is 0.247. The lowest BCUT2D eigenvalue weighted by Crippen LogP contribution is -2.40. The first-order chi connectivity index (χ1) is 13.5. The maximum Gasteiger partial charge on any atom is 0.243 e.